The lowest BCUT2D eigenvalue weighted by atomic mass is 10.4. The third kappa shape index (κ3) is 2.48. The third-order valence-electron chi connectivity index (χ3n) is 1.56. The van der Waals surface area contributed by atoms with Gasteiger partial charge in [-0.3, -0.25) is 0 Å². The first-order valence-electron chi connectivity index (χ1n) is 4.03. The number of aryl methyl sites for hydroxylation is 1. The molecule has 2 aromatic rings. The van der Waals surface area contributed by atoms with Crippen molar-refractivity contribution in [2.75, 3.05) is 5.32 Å². The fourth-order valence-corrected chi connectivity index (χ4v) is 1.83. The quantitative estimate of drug-likeness (QED) is 0.923. The first-order chi connectivity index (χ1) is 7.15. The number of hydrogen-bond donors (Lipinski definition) is 1. The van der Waals surface area contributed by atoms with Crippen LogP contribution < -0.4 is 5.32 Å². The molecule has 0 aliphatic heterocycles. The topological polar surface area (TPSA) is 50.7 Å². The molecule has 78 valence electrons. The average Bonchev–Trinajstić information content (AvgIpc) is 2.56. The summed E-state index contributed by atoms with van der Waals surface area (Å²) in [6.45, 7) is 1.77. The lowest BCUT2D eigenvalue weighted by Crippen LogP contribution is -1.96. The van der Waals surface area contributed by atoms with Crippen LogP contribution in [0.1, 0.15) is 5.82 Å². The molecule has 0 spiro atoms. The third-order valence-corrected chi connectivity index (χ3v) is 2.72. The van der Waals surface area contributed by atoms with E-state index in [9.17, 15) is 4.39 Å². The molecule has 2 heterocycles. The Morgan fingerprint density at radius 2 is 2.33 bits per heavy atom. The highest BCUT2D eigenvalue weighted by Gasteiger charge is 2.07. The van der Waals surface area contributed by atoms with E-state index in [1.165, 1.54) is 23.8 Å². The smallest absolute Gasteiger partial charge is 0.208 e. The monoisotopic (exact) mass is 288 g/mol. The molecule has 7 heteroatoms. The largest absolute Gasteiger partial charge is 0.313 e. The van der Waals surface area contributed by atoms with Gasteiger partial charge in [-0.25, -0.2) is 14.4 Å². The summed E-state index contributed by atoms with van der Waals surface area (Å²) in [6.07, 6.45) is 1.51. The van der Waals surface area contributed by atoms with Crippen molar-refractivity contribution in [1.29, 1.82) is 0 Å². The molecule has 15 heavy (non-hydrogen) atoms. The molecule has 0 fully saturated rings. The Hall–Kier alpha value is -1.08. The molecule has 0 saturated heterocycles. The van der Waals surface area contributed by atoms with Crippen LogP contribution in [0, 0.1) is 12.7 Å². The summed E-state index contributed by atoms with van der Waals surface area (Å²) >= 11 is 4.30. The van der Waals surface area contributed by atoms with Crippen LogP contribution in [0.25, 0.3) is 0 Å². The van der Waals surface area contributed by atoms with Gasteiger partial charge in [0, 0.05) is 22.2 Å². The summed E-state index contributed by atoms with van der Waals surface area (Å²) in [4.78, 5) is 7.94. The normalized spacial score (nSPS) is 10.3. The number of nitrogens with one attached hydrogen (secondary N) is 1. The zero-order valence-electron chi connectivity index (χ0n) is 7.66. The van der Waals surface area contributed by atoms with Gasteiger partial charge in [0.05, 0.1) is 0 Å². The standard InChI is InChI=1S/C8H6BrFN4S/c1-4-12-8(15-14-4)13-7-6(10)2-5(9)3-11-7/h2-3H,1H3,(H,11,12,13,14). The Kier molecular flexibility index (Phi) is 2.92. The minimum absolute atomic E-state index is 0.148. The second-order valence-electron chi connectivity index (χ2n) is 2.76. The Bertz CT molecular complexity index is 487. The van der Waals surface area contributed by atoms with Gasteiger partial charge in [-0.1, -0.05) is 0 Å². The summed E-state index contributed by atoms with van der Waals surface area (Å²) in [6, 6.07) is 1.34. The maximum absolute atomic E-state index is 13.3. The van der Waals surface area contributed by atoms with Crippen LogP contribution >= 0.6 is 27.5 Å². The van der Waals surface area contributed by atoms with E-state index in [0.717, 1.165) is 0 Å². The van der Waals surface area contributed by atoms with Gasteiger partial charge in [-0.05, 0) is 28.9 Å². The van der Waals surface area contributed by atoms with Crippen molar-refractivity contribution in [3.63, 3.8) is 0 Å². The molecule has 0 aliphatic rings. The summed E-state index contributed by atoms with van der Waals surface area (Å²) in [7, 11) is 0. The Balaban J connectivity index is 2.24. The van der Waals surface area contributed by atoms with Crippen molar-refractivity contribution in [2.24, 2.45) is 0 Å². The maximum Gasteiger partial charge on any atom is 0.208 e. The van der Waals surface area contributed by atoms with E-state index in [-0.39, 0.29) is 5.82 Å². The maximum atomic E-state index is 13.3. The first-order valence-corrected chi connectivity index (χ1v) is 5.60. The minimum Gasteiger partial charge on any atom is -0.313 e. The molecule has 0 radical (unpaired) electrons. The highest BCUT2D eigenvalue weighted by Crippen LogP contribution is 2.21. The van der Waals surface area contributed by atoms with Crippen molar-refractivity contribution in [3.8, 4) is 0 Å². The van der Waals surface area contributed by atoms with Gasteiger partial charge in [0.1, 0.15) is 5.82 Å². The molecule has 0 saturated carbocycles. The number of hydrogen-bond acceptors (Lipinski definition) is 5. The van der Waals surface area contributed by atoms with E-state index in [1.807, 2.05) is 0 Å². The number of nitrogens with zero attached hydrogens (tertiary/aromatic N) is 3. The Labute approximate surface area is 97.9 Å². The molecule has 0 unspecified atom stereocenters. The van der Waals surface area contributed by atoms with Crippen LogP contribution in [0.4, 0.5) is 15.3 Å². The average molecular weight is 289 g/mol. The molecule has 1 N–H and O–H groups in total. The summed E-state index contributed by atoms with van der Waals surface area (Å²) in [5, 5.41) is 3.29. The molecule has 0 aliphatic carbocycles. The number of halogens is 2. The zero-order chi connectivity index (χ0) is 10.8. The minimum atomic E-state index is -0.433. The number of pyridine rings is 1. The SMILES string of the molecule is Cc1nsc(Nc2ncc(Br)cc2F)n1. The Morgan fingerprint density at radius 1 is 1.53 bits per heavy atom. The van der Waals surface area contributed by atoms with Crippen LogP contribution in [-0.4, -0.2) is 14.3 Å². The molecule has 0 amide bonds. The molecular weight excluding hydrogens is 283 g/mol. The molecular formula is C8H6BrFN4S. The molecule has 0 bridgehead atoms. The van der Waals surface area contributed by atoms with Gasteiger partial charge < -0.3 is 5.32 Å². The lowest BCUT2D eigenvalue weighted by molar-refractivity contribution is 0.625. The van der Waals surface area contributed by atoms with Gasteiger partial charge in [0.25, 0.3) is 0 Å². The van der Waals surface area contributed by atoms with Crippen LogP contribution in [0.5, 0.6) is 0 Å². The van der Waals surface area contributed by atoms with Crippen molar-refractivity contribution in [3.05, 3.63) is 28.4 Å². The zero-order valence-corrected chi connectivity index (χ0v) is 10.1. The highest BCUT2D eigenvalue weighted by atomic mass is 79.9. The fourth-order valence-electron chi connectivity index (χ4n) is 0.956. The van der Waals surface area contributed by atoms with E-state index in [2.05, 4.69) is 35.6 Å². The number of rotatable bonds is 2. The lowest BCUT2D eigenvalue weighted by Gasteiger charge is -2.01. The van der Waals surface area contributed by atoms with Gasteiger partial charge in [0.15, 0.2) is 11.6 Å². The molecule has 0 atom stereocenters. The van der Waals surface area contributed by atoms with Crippen molar-refractivity contribution < 1.29 is 4.39 Å². The summed E-state index contributed by atoms with van der Waals surface area (Å²) in [5.41, 5.74) is 0. The number of anilines is 2. The van der Waals surface area contributed by atoms with Crippen LogP contribution in [0.3, 0.4) is 0 Å². The van der Waals surface area contributed by atoms with E-state index < -0.39 is 5.82 Å². The fraction of sp³-hybridized carbons (Fsp3) is 0.125. The Morgan fingerprint density at radius 3 is 2.93 bits per heavy atom. The van der Waals surface area contributed by atoms with Crippen molar-refractivity contribution in [2.45, 2.75) is 6.92 Å². The summed E-state index contributed by atoms with van der Waals surface area (Å²) < 4.78 is 17.9. The molecule has 4 nitrogen and oxygen atoms in total. The summed E-state index contributed by atoms with van der Waals surface area (Å²) in [5.74, 6) is 0.367. The first kappa shape index (κ1) is 10.4. The molecule has 0 aromatic carbocycles. The number of aromatic nitrogens is 3. The second-order valence-corrected chi connectivity index (χ2v) is 4.42. The van der Waals surface area contributed by atoms with Gasteiger partial charge in [0.2, 0.25) is 5.13 Å². The predicted molar refractivity (Wildman–Crippen MR) is 59.8 cm³/mol. The van der Waals surface area contributed by atoms with Crippen LogP contribution in [0.15, 0.2) is 16.7 Å². The van der Waals surface area contributed by atoms with Gasteiger partial charge in [-0.2, -0.15) is 4.37 Å². The predicted octanol–water partition coefficient (Wildman–Crippen LogP) is 2.89. The van der Waals surface area contributed by atoms with E-state index in [1.54, 1.807) is 6.92 Å². The van der Waals surface area contributed by atoms with Crippen LogP contribution in [0.2, 0.25) is 0 Å². The van der Waals surface area contributed by atoms with Crippen molar-refractivity contribution in [1.82, 2.24) is 14.3 Å². The van der Waals surface area contributed by atoms with E-state index in [0.29, 0.717) is 15.4 Å². The van der Waals surface area contributed by atoms with E-state index >= 15 is 0 Å². The van der Waals surface area contributed by atoms with Gasteiger partial charge in [-0.15, -0.1) is 0 Å². The van der Waals surface area contributed by atoms with E-state index in [4.69, 9.17) is 0 Å². The van der Waals surface area contributed by atoms with Crippen molar-refractivity contribution >= 4 is 38.4 Å². The molecule has 2 rings (SSSR count). The van der Waals surface area contributed by atoms with Gasteiger partial charge >= 0.3 is 0 Å². The van der Waals surface area contributed by atoms with Crippen LogP contribution in [-0.2, 0) is 0 Å². The highest BCUT2D eigenvalue weighted by molar-refractivity contribution is 9.10. The second kappa shape index (κ2) is 4.19. The molecule has 2 aromatic heterocycles.